The molecule has 1 aromatic carbocycles. The van der Waals surface area contributed by atoms with E-state index in [0.29, 0.717) is 19.6 Å². The Balaban J connectivity index is 1.74. The van der Waals surface area contributed by atoms with Gasteiger partial charge < -0.3 is 4.90 Å². The quantitative estimate of drug-likeness (QED) is 0.840. The summed E-state index contributed by atoms with van der Waals surface area (Å²) in [6, 6.07) is 9.91. The van der Waals surface area contributed by atoms with Gasteiger partial charge in [0.25, 0.3) is 0 Å². The Morgan fingerprint density at radius 2 is 1.87 bits per heavy atom. The van der Waals surface area contributed by atoms with Crippen molar-refractivity contribution in [2.45, 2.75) is 30.4 Å². The number of hydrogen-bond donors (Lipinski definition) is 0. The Morgan fingerprint density at radius 1 is 1.17 bits per heavy atom. The summed E-state index contributed by atoms with van der Waals surface area (Å²) >= 11 is 0. The molecule has 4 rings (SSSR count). The number of rotatable bonds is 3. The van der Waals surface area contributed by atoms with Gasteiger partial charge in [-0.1, -0.05) is 30.3 Å². The van der Waals surface area contributed by atoms with Crippen molar-refractivity contribution in [2.75, 3.05) is 26.7 Å². The largest absolute Gasteiger partial charge is 0.345 e. The predicted molar refractivity (Wildman–Crippen MR) is 87.4 cm³/mol. The van der Waals surface area contributed by atoms with E-state index in [0.717, 1.165) is 24.8 Å². The normalized spacial score (nSPS) is 32.1. The summed E-state index contributed by atoms with van der Waals surface area (Å²) in [7, 11) is -1.43. The van der Waals surface area contributed by atoms with Gasteiger partial charge in [-0.25, -0.2) is 8.42 Å². The van der Waals surface area contributed by atoms with Gasteiger partial charge in [0.05, 0.1) is 10.7 Å². The zero-order valence-electron chi connectivity index (χ0n) is 13.3. The molecule has 3 fully saturated rings. The Bertz CT molecular complexity index is 729. The van der Waals surface area contributed by atoms with Crippen LogP contribution in [0.25, 0.3) is 0 Å². The van der Waals surface area contributed by atoms with E-state index in [1.54, 1.807) is 9.21 Å². The summed E-state index contributed by atoms with van der Waals surface area (Å²) in [4.78, 5) is 14.6. The van der Waals surface area contributed by atoms with Crippen molar-refractivity contribution in [2.24, 2.45) is 5.41 Å². The third kappa shape index (κ3) is 2.22. The highest BCUT2D eigenvalue weighted by Crippen LogP contribution is 2.51. The van der Waals surface area contributed by atoms with Crippen molar-refractivity contribution in [3.63, 3.8) is 0 Å². The van der Waals surface area contributed by atoms with Crippen molar-refractivity contribution < 1.29 is 13.2 Å². The molecule has 1 amide bonds. The molecule has 2 atom stereocenters. The van der Waals surface area contributed by atoms with Gasteiger partial charge in [0, 0.05) is 32.6 Å². The fourth-order valence-electron chi connectivity index (χ4n) is 4.17. The van der Waals surface area contributed by atoms with Crippen molar-refractivity contribution in [3.05, 3.63) is 35.9 Å². The molecule has 2 aliphatic heterocycles. The predicted octanol–water partition coefficient (Wildman–Crippen LogP) is 1.43. The Morgan fingerprint density at radius 3 is 2.43 bits per heavy atom. The van der Waals surface area contributed by atoms with Crippen LogP contribution in [-0.4, -0.2) is 55.5 Å². The van der Waals surface area contributed by atoms with Gasteiger partial charge in [-0.3, -0.25) is 4.79 Å². The molecule has 1 saturated carbocycles. The third-order valence-electron chi connectivity index (χ3n) is 5.69. The standard InChI is InChI=1S/C17H22N2O3S/c1-18-10-9-17(16(18)20)12-19(23(21,22)14-7-8-14)11-15(17)13-5-3-2-4-6-13/h2-6,14-15H,7-12H2,1H3/t15-,17-/m0/s1. The van der Waals surface area contributed by atoms with Crippen LogP contribution in [-0.2, 0) is 14.8 Å². The summed E-state index contributed by atoms with van der Waals surface area (Å²) in [6.07, 6.45) is 2.25. The van der Waals surface area contributed by atoms with Gasteiger partial charge in [-0.05, 0) is 24.8 Å². The molecule has 124 valence electrons. The fourth-order valence-corrected chi connectivity index (χ4v) is 6.09. The summed E-state index contributed by atoms with van der Waals surface area (Å²) in [5.41, 5.74) is 0.488. The van der Waals surface area contributed by atoms with E-state index in [-0.39, 0.29) is 17.1 Å². The van der Waals surface area contributed by atoms with Crippen molar-refractivity contribution in [3.8, 4) is 0 Å². The van der Waals surface area contributed by atoms with E-state index >= 15 is 0 Å². The highest BCUT2D eigenvalue weighted by atomic mass is 32.2. The van der Waals surface area contributed by atoms with Gasteiger partial charge in [0.15, 0.2) is 0 Å². The average Bonchev–Trinajstić information content (AvgIpc) is 3.29. The van der Waals surface area contributed by atoms with E-state index in [2.05, 4.69) is 0 Å². The lowest BCUT2D eigenvalue weighted by Gasteiger charge is -2.28. The number of carbonyl (C=O) groups excluding carboxylic acids is 1. The molecule has 2 heterocycles. The minimum absolute atomic E-state index is 0.0466. The first-order valence-electron chi connectivity index (χ1n) is 8.25. The maximum Gasteiger partial charge on any atom is 0.230 e. The van der Waals surface area contributed by atoms with Crippen LogP contribution in [0, 0.1) is 5.41 Å². The number of benzene rings is 1. The van der Waals surface area contributed by atoms with E-state index in [1.165, 1.54) is 0 Å². The van der Waals surface area contributed by atoms with Crippen LogP contribution >= 0.6 is 0 Å². The maximum absolute atomic E-state index is 12.9. The van der Waals surface area contributed by atoms with Gasteiger partial charge in [-0.15, -0.1) is 0 Å². The topological polar surface area (TPSA) is 57.7 Å². The van der Waals surface area contributed by atoms with Crippen LogP contribution in [0.2, 0.25) is 0 Å². The number of likely N-dealkylation sites (tertiary alicyclic amines) is 1. The first kappa shape index (κ1) is 15.1. The number of hydrogen-bond acceptors (Lipinski definition) is 3. The molecular formula is C17H22N2O3S. The number of amides is 1. The van der Waals surface area contributed by atoms with E-state index in [9.17, 15) is 13.2 Å². The highest BCUT2D eigenvalue weighted by Gasteiger charge is 2.59. The molecule has 1 aromatic rings. The maximum atomic E-state index is 12.9. The number of nitrogens with zero attached hydrogens (tertiary/aromatic N) is 2. The Labute approximate surface area is 137 Å². The minimum Gasteiger partial charge on any atom is -0.345 e. The number of carbonyl (C=O) groups is 1. The molecule has 2 saturated heterocycles. The van der Waals surface area contributed by atoms with Gasteiger partial charge in [0.1, 0.15) is 0 Å². The molecule has 0 N–H and O–H groups in total. The van der Waals surface area contributed by atoms with Crippen molar-refractivity contribution in [1.82, 2.24) is 9.21 Å². The number of sulfonamides is 1. The zero-order chi connectivity index (χ0) is 16.2. The SMILES string of the molecule is CN1CC[C@@]2(CN(S(=O)(=O)C3CC3)C[C@H]2c2ccccc2)C1=O. The summed E-state index contributed by atoms with van der Waals surface area (Å²) in [5, 5.41) is -0.219. The van der Waals surface area contributed by atoms with Crippen LogP contribution in [0.1, 0.15) is 30.7 Å². The molecule has 0 aromatic heterocycles. The zero-order valence-corrected chi connectivity index (χ0v) is 14.1. The van der Waals surface area contributed by atoms with Crippen LogP contribution in [0.5, 0.6) is 0 Å². The molecule has 1 spiro atoms. The molecule has 23 heavy (non-hydrogen) atoms. The molecule has 0 bridgehead atoms. The molecule has 3 aliphatic rings. The van der Waals surface area contributed by atoms with Gasteiger partial charge in [-0.2, -0.15) is 4.31 Å². The Hall–Kier alpha value is -1.40. The molecule has 0 unspecified atom stereocenters. The van der Waals surface area contributed by atoms with Gasteiger partial charge in [0.2, 0.25) is 15.9 Å². The van der Waals surface area contributed by atoms with Crippen LogP contribution in [0.15, 0.2) is 30.3 Å². The summed E-state index contributed by atoms with van der Waals surface area (Å²) < 4.78 is 27.0. The van der Waals surface area contributed by atoms with Crippen LogP contribution in [0.4, 0.5) is 0 Å². The van der Waals surface area contributed by atoms with Crippen molar-refractivity contribution in [1.29, 1.82) is 0 Å². The monoisotopic (exact) mass is 334 g/mol. The first-order chi connectivity index (χ1) is 10.9. The smallest absolute Gasteiger partial charge is 0.230 e. The molecule has 5 nitrogen and oxygen atoms in total. The van der Waals surface area contributed by atoms with Crippen LogP contribution < -0.4 is 0 Å². The third-order valence-corrected chi connectivity index (χ3v) is 8.00. The van der Waals surface area contributed by atoms with E-state index in [4.69, 9.17) is 0 Å². The van der Waals surface area contributed by atoms with Crippen LogP contribution in [0.3, 0.4) is 0 Å². The minimum atomic E-state index is -3.25. The van der Waals surface area contributed by atoms with E-state index in [1.807, 2.05) is 37.4 Å². The molecule has 1 aliphatic carbocycles. The Kier molecular flexibility index (Phi) is 3.32. The molecule has 0 radical (unpaired) electrons. The van der Waals surface area contributed by atoms with Gasteiger partial charge >= 0.3 is 0 Å². The van der Waals surface area contributed by atoms with Crippen molar-refractivity contribution >= 4 is 15.9 Å². The summed E-state index contributed by atoms with van der Waals surface area (Å²) in [6.45, 7) is 1.48. The second kappa shape index (κ2) is 5.05. The first-order valence-corrected chi connectivity index (χ1v) is 9.75. The highest BCUT2D eigenvalue weighted by molar-refractivity contribution is 7.90. The summed E-state index contributed by atoms with van der Waals surface area (Å²) in [5.74, 6) is 0.0505. The van der Waals surface area contributed by atoms with E-state index < -0.39 is 15.4 Å². The average molecular weight is 334 g/mol. The molecule has 6 heteroatoms. The second-order valence-corrected chi connectivity index (χ2v) is 9.35. The molecular weight excluding hydrogens is 312 g/mol. The second-order valence-electron chi connectivity index (χ2n) is 7.13. The lowest BCUT2D eigenvalue weighted by molar-refractivity contribution is -0.134. The fraction of sp³-hybridized carbons (Fsp3) is 0.588. The lowest BCUT2D eigenvalue weighted by atomic mass is 9.73. The lowest BCUT2D eigenvalue weighted by Crippen LogP contribution is -2.39.